The van der Waals surface area contributed by atoms with Gasteiger partial charge in [0.15, 0.2) is 0 Å². The molecule has 2 N–H and O–H groups in total. The van der Waals surface area contributed by atoms with Gasteiger partial charge in [0.25, 0.3) is 0 Å². The third-order valence-electron chi connectivity index (χ3n) is 2.90. The van der Waals surface area contributed by atoms with Crippen LogP contribution in [0.5, 0.6) is 11.5 Å². The number of rotatable bonds is 6. The van der Waals surface area contributed by atoms with Crippen LogP contribution in [0, 0.1) is 0 Å². The average Bonchev–Trinajstić information content (AvgIpc) is 2.48. The molecule has 0 aliphatic rings. The maximum Gasteiger partial charge on any atom is 0.123 e. The lowest BCUT2D eigenvalue weighted by Crippen LogP contribution is -2.10. The molecule has 0 saturated heterocycles. The maximum atomic E-state index is 5.75. The lowest BCUT2D eigenvalue weighted by molar-refractivity contribution is 0.319. The van der Waals surface area contributed by atoms with Crippen LogP contribution in [0.3, 0.4) is 0 Å². The predicted molar refractivity (Wildman–Crippen MR) is 84.5 cm³/mol. The molecule has 104 valence electrons. The molecule has 4 heteroatoms. The molecule has 0 aromatic heterocycles. The van der Waals surface area contributed by atoms with Crippen LogP contribution in [0.25, 0.3) is 0 Å². The Balaban J connectivity index is 2.02. The molecule has 0 unspecified atom stereocenters. The van der Waals surface area contributed by atoms with E-state index in [9.17, 15) is 0 Å². The number of nitrogens with two attached hydrogens (primary N) is 1. The smallest absolute Gasteiger partial charge is 0.123 e. The van der Waals surface area contributed by atoms with Crippen molar-refractivity contribution in [1.82, 2.24) is 0 Å². The molecule has 0 radical (unpaired) electrons. The lowest BCUT2D eigenvalue weighted by Gasteiger charge is -2.10. The molecule has 0 heterocycles. The Hall–Kier alpha value is -2.07. The van der Waals surface area contributed by atoms with E-state index in [1.807, 2.05) is 30.3 Å². The zero-order chi connectivity index (χ0) is 14.4. The Bertz CT molecular complexity index is 584. The van der Waals surface area contributed by atoms with Gasteiger partial charge in [-0.1, -0.05) is 42.5 Å². The number of hydrogen-bond acceptors (Lipinski definition) is 3. The Morgan fingerprint density at radius 1 is 1.10 bits per heavy atom. The van der Waals surface area contributed by atoms with Crippen molar-refractivity contribution in [3.05, 3.63) is 59.7 Å². The van der Waals surface area contributed by atoms with E-state index in [1.54, 1.807) is 13.2 Å². The normalized spacial score (nSPS) is 10.1. The van der Waals surface area contributed by atoms with Crippen LogP contribution in [-0.4, -0.2) is 18.7 Å². The summed E-state index contributed by atoms with van der Waals surface area (Å²) in [6.45, 7) is 0.591. The van der Waals surface area contributed by atoms with Gasteiger partial charge in [-0.05, 0) is 17.7 Å². The summed E-state index contributed by atoms with van der Waals surface area (Å²) in [5, 5.41) is 0. The SMILES string of the molecule is COc1cc(OCCc2ccccc2)cc(C(N)=S)c1. The quantitative estimate of drug-likeness (QED) is 0.830. The molecular weight excluding hydrogens is 270 g/mol. The first-order valence-electron chi connectivity index (χ1n) is 6.34. The van der Waals surface area contributed by atoms with Gasteiger partial charge in [-0.15, -0.1) is 0 Å². The predicted octanol–water partition coefficient (Wildman–Crippen LogP) is 2.95. The van der Waals surface area contributed by atoms with Crippen LogP contribution < -0.4 is 15.2 Å². The molecule has 0 saturated carbocycles. The summed E-state index contributed by atoms with van der Waals surface area (Å²) >= 11 is 4.98. The highest BCUT2D eigenvalue weighted by molar-refractivity contribution is 7.80. The molecule has 20 heavy (non-hydrogen) atoms. The number of methoxy groups -OCH3 is 1. The number of thiocarbonyl (C=S) groups is 1. The summed E-state index contributed by atoms with van der Waals surface area (Å²) in [6, 6.07) is 15.7. The minimum atomic E-state index is 0.330. The second-order valence-electron chi connectivity index (χ2n) is 4.35. The van der Waals surface area contributed by atoms with E-state index in [2.05, 4.69) is 12.1 Å². The summed E-state index contributed by atoms with van der Waals surface area (Å²) in [7, 11) is 1.60. The fourth-order valence-electron chi connectivity index (χ4n) is 1.85. The molecule has 0 amide bonds. The number of hydrogen-bond donors (Lipinski definition) is 1. The van der Waals surface area contributed by atoms with Gasteiger partial charge in [-0.2, -0.15) is 0 Å². The van der Waals surface area contributed by atoms with Gasteiger partial charge < -0.3 is 15.2 Å². The molecule has 0 fully saturated rings. The van der Waals surface area contributed by atoms with Gasteiger partial charge in [0.05, 0.1) is 13.7 Å². The second-order valence-corrected chi connectivity index (χ2v) is 4.79. The maximum absolute atomic E-state index is 5.75. The molecule has 2 rings (SSSR count). The molecule has 2 aromatic carbocycles. The van der Waals surface area contributed by atoms with E-state index in [4.69, 9.17) is 27.4 Å². The minimum Gasteiger partial charge on any atom is -0.497 e. The topological polar surface area (TPSA) is 44.5 Å². The van der Waals surface area contributed by atoms with Crippen LogP contribution >= 0.6 is 12.2 Å². The van der Waals surface area contributed by atoms with Crippen molar-refractivity contribution < 1.29 is 9.47 Å². The van der Waals surface area contributed by atoms with Crippen molar-refractivity contribution in [2.45, 2.75) is 6.42 Å². The fourth-order valence-corrected chi connectivity index (χ4v) is 1.96. The molecule has 2 aromatic rings. The lowest BCUT2D eigenvalue weighted by atomic mass is 10.1. The van der Waals surface area contributed by atoms with Gasteiger partial charge >= 0.3 is 0 Å². The van der Waals surface area contributed by atoms with Gasteiger partial charge in [0, 0.05) is 18.1 Å². The average molecular weight is 287 g/mol. The van der Waals surface area contributed by atoms with Gasteiger partial charge in [-0.25, -0.2) is 0 Å². The van der Waals surface area contributed by atoms with E-state index in [1.165, 1.54) is 5.56 Å². The standard InChI is InChI=1S/C16H17NO2S/c1-18-14-9-13(16(17)20)10-15(11-14)19-8-7-12-5-3-2-4-6-12/h2-6,9-11H,7-8H2,1H3,(H2,17,20). The van der Waals surface area contributed by atoms with Crippen molar-refractivity contribution in [2.75, 3.05) is 13.7 Å². The van der Waals surface area contributed by atoms with E-state index in [0.717, 1.165) is 12.0 Å². The third kappa shape index (κ3) is 3.96. The Morgan fingerprint density at radius 3 is 2.45 bits per heavy atom. The first-order valence-corrected chi connectivity index (χ1v) is 6.75. The Labute approximate surface area is 124 Å². The van der Waals surface area contributed by atoms with Crippen molar-refractivity contribution in [3.63, 3.8) is 0 Å². The monoisotopic (exact) mass is 287 g/mol. The van der Waals surface area contributed by atoms with E-state index in [0.29, 0.717) is 23.1 Å². The van der Waals surface area contributed by atoms with Crippen LogP contribution in [-0.2, 0) is 6.42 Å². The molecule has 0 bridgehead atoms. The zero-order valence-corrected chi connectivity index (χ0v) is 12.2. The van der Waals surface area contributed by atoms with Crippen molar-refractivity contribution in [2.24, 2.45) is 5.73 Å². The van der Waals surface area contributed by atoms with Crippen molar-refractivity contribution in [3.8, 4) is 11.5 Å². The highest BCUT2D eigenvalue weighted by Gasteiger charge is 2.04. The van der Waals surface area contributed by atoms with Gasteiger partial charge in [0.1, 0.15) is 16.5 Å². The summed E-state index contributed by atoms with van der Waals surface area (Å²) in [6.07, 6.45) is 0.848. The largest absolute Gasteiger partial charge is 0.497 e. The van der Waals surface area contributed by atoms with Gasteiger partial charge in [0.2, 0.25) is 0 Å². The summed E-state index contributed by atoms with van der Waals surface area (Å²) in [4.78, 5) is 0.330. The van der Waals surface area contributed by atoms with Crippen LogP contribution in [0.2, 0.25) is 0 Å². The third-order valence-corrected chi connectivity index (χ3v) is 3.14. The van der Waals surface area contributed by atoms with Gasteiger partial charge in [-0.3, -0.25) is 0 Å². The molecule has 0 spiro atoms. The van der Waals surface area contributed by atoms with E-state index < -0.39 is 0 Å². The second kappa shape index (κ2) is 6.91. The minimum absolute atomic E-state index is 0.330. The summed E-state index contributed by atoms with van der Waals surface area (Å²) in [5.74, 6) is 1.40. The van der Waals surface area contributed by atoms with Crippen LogP contribution in [0.1, 0.15) is 11.1 Å². The van der Waals surface area contributed by atoms with Crippen LogP contribution in [0.15, 0.2) is 48.5 Å². The molecule has 0 atom stereocenters. The van der Waals surface area contributed by atoms with E-state index in [-0.39, 0.29) is 0 Å². The highest BCUT2D eigenvalue weighted by atomic mass is 32.1. The number of benzene rings is 2. The van der Waals surface area contributed by atoms with E-state index >= 15 is 0 Å². The van der Waals surface area contributed by atoms with Crippen molar-refractivity contribution in [1.29, 1.82) is 0 Å². The van der Waals surface area contributed by atoms with Crippen LogP contribution in [0.4, 0.5) is 0 Å². The summed E-state index contributed by atoms with van der Waals surface area (Å²) in [5.41, 5.74) is 7.63. The highest BCUT2D eigenvalue weighted by Crippen LogP contribution is 2.23. The Morgan fingerprint density at radius 2 is 1.80 bits per heavy atom. The first kappa shape index (κ1) is 14.3. The fraction of sp³-hybridized carbons (Fsp3) is 0.188. The molecule has 0 aliphatic carbocycles. The zero-order valence-electron chi connectivity index (χ0n) is 11.3. The molecule has 0 aliphatic heterocycles. The Kier molecular flexibility index (Phi) is 4.96. The molecular formula is C16H17NO2S. The summed E-state index contributed by atoms with van der Waals surface area (Å²) < 4.78 is 11.0. The first-order chi connectivity index (χ1) is 9.69. The van der Waals surface area contributed by atoms with Crippen molar-refractivity contribution >= 4 is 17.2 Å². The number of ether oxygens (including phenoxy) is 2. The molecule has 3 nitrogen and oxygen atoms in total.